The van der Waals surface area contributed by atoms with Crippen LogP contribution in [-0.2, 0) is 0 Å². The van der Waals surface area contributed by atoms with Gasteiger partial charge >= 0.3 is 11.8 Å². The molecule has 0 aliphatic carbocycles. The lowest BCUT2D eigenvalue weighted by Crippen LogP contribution is -2.30. The molecule has 1 atom stereocenters. The molecule has 18 heavy (non-hydrogen) atoms. The third kappa shape index (κ3) is 2.89. The predicted molar refractivity (Wildman–Crippen MR) is 61.5 cm³/mol. The van der Waals surface area contributed by atoms with Gasteiger partial charge in [-0.1, -0.05) is 11.2 Å². The Morgan fingerprint density at radius 3 is 3.06 bits per heavy atom. The van der Waals surface area contributed by atoms with Crippen LogP contribution < -0.4 is 5.32 Å². The van der Waals surface area contributed by atoms with E-state index in [0.717, 1.165) is 0 Å². The van der Waals surface area contributed by atoms with Gasteiger partial charge in [0.25, 0.3) is 0 Å². The third-order valence-corrected chi connectivity index (χ3v) is 2.07. The molecule has 2 heterocycles. The van der Waals surface area contributed by atoms with Gasteiger partial charge in [0.05, 0.1) is 6.10 Å². The zero-order valence-electron chi connectivity index (χ0n) is 9.70. The summed E-state index contributed by atoms with van der Waals surface area (Å²) in [5.41, 5.74) is 0.524. The summed E-state index contributed by atoms with van der Waals surface area (Å²) in [6.45, 7) is 1.69. The first-order valence-electron chi connectivity index (χ1n) is 5.38. The average Bonchev–Trinajstić information content (AvgIpc) is 2.86. The summed E-state index contributed by atoms with van der Waals surface area (Å²) in [6, 6.07) is 5.26. The van der Waals surface area contributed by atoms with Crippen LogP contribution in [0.15, 0.2) is 28.9 Å². The highest BCUT2D eigenvalue weighted by molar-refractivity contribution is 5.89. The van der Waals surface area contributed by atoms with Crippen molar-refractivity contribution >= 4 is 5.91 Å². The number of nitrogens with one attached hydrogen (secondary N) is 1. The molecule has 7 nitrogen and oxygen atoms in total. The van der Waals surface area contributed by atoms with E-state index in [2.05, 4.69) is 20.4 Å². The second-order valence-corrected chi connectivity index (χ2v) is 3.70. The molecule has 2 N–H and O–H groups in total. The summed E-state index contributed by atoms with van der Waals surface area (Å²) in [4.78, 5) is 19.5. The van der Waals surface area contributed by atoms with Crippen LogP contribution in [0, 0.1) is 0 Å². The molecular weight excluding hydrogens is 236 g/mol. The Labute approximate surface area is 103 Å². The summed E-state index contributed by atoms with van der Waals surface area (Å²) in [5.74, 6) is -0.431. The van der Waals surface area contributed by atoms with Crippen molar-refractivity contribution in [3.63, 3.8) is 0 Å². The maximum absolute atomic E-state index is 11.6. The molecule has 0 aliphatic rings. The second-order valence-electron chi connectivity index (χ2n) is 3.70. The van der Waals surface area contributed by atoms with Gasteiger partial charge in [0.15, 0.2) is 0 Å². The Kier molecular flexibility index (Phi) is 3.63. The quantitative estimate of drug-likeness (QED) is 0.803. The summed E-state index contributed by atoms with van der Waals surface area (Å²) < 4.78 is 4.82. The molecule has 0 fully saturated rings. The average molecular weight is 248 g/mol. The lowest BCUT2D eigenvalue weighted by Gasteiger charge is -2.03. The van der Waals surface area contributed by atoms with Crippen LogP contribution in [-0.4, -0.2) is 38.8 Å². The van der Waals surface area contributed by atoms with Crippen molar-refractivity contribution in [2.24, 2.45) is 0 Å². The van der Waals surface area contributed by atoms with Crippen LogP contribution in [0.1, 0.15) is 17.6 Å². The Morgan fingerprint density at radius 2 is 2.39 bits per heavy atom. The van der Waals surface area contributed by atoms with Gasteiger partial charge in [0.1, 0.15) is 5.69 Å². The molecule has 2 rings (SSSR count). The molecule has 0 radical (unpaired) electrons. The van der Waals surface area contributed by atoms with E-state index in [9.17, 15) is 4.79 Å². The monoisotopic (exact) mass is 248 g/mol. The van der Waals surface area contributed by atoms with Crippen molar-refractivity contribution in [1.82, 2.24) is 20.4 Å². The largest absolute Gasteiger partial charge is 0.392 e. The third-order valence-electron chi connectivity index (χ3n) is 2.07. The van der Waals surface area contributed by atoms with Gasteiger partial charge in [-0.25, -0.2) is 0 Å². The standard InChI is InChI=1S/C11H12N4O3/c1-7(16)6-13-10(17)11-14-9(15-18-11)8-4-2-3-5-12-8/h2-5,7,16H,6H2,1H3,(H,13,17). The smallest absolute Gasteiger partial charge is 0.316 e. The molecule has 1 unspecified atom stereocenters. The number of amides is 1. The molecule has 2 aromatic rings. The fraction of sp³-hybridized carbons (Fsp3) is 0.273. The zero-order valence-corrected chi connectivity index (χ0v) is 9.70. The van der Waals surface area contributed by atoms with E-state index in [4.69, 9.17) is 9.63 Å². The van der Waals surface area contributed by atoms with E-state index in [1.807, 2.05) is 0 Å². The number of carbonyl (C=O) groups is 1. The number of nitrogens with zero attached hydrogens (tertiary/aromatic N) is 3. The Morgan fingerprint density at radius 1 is 1.56 bits per heavy atom. The number of aliphatic hydroxyl groups excluding tert-OH is 1. The summed E-state index contributed by atoms with van der Waals surface area (Å²) >= 11 is 0. The minimum absolute atomic E-state index is 0.125. The van der Waals surface area contributed by atoms with Crippen LogP contribution in [0.2, 0.25) is 0 Å². The first-order chi connectivity index (χ1) is 8.66. The molecule has 7 heteroatoms. The Hall–Kier alpha value is -2.28. The van der Waals surface area contributed by atoms with Crippen molar-refractivity contribution in [1.29, 1.82) is 0 Å². The molecule has 0 bridgehead atoms. The number of carbonyl (C=O) groups excluding carboxylic acids is 1. The number of hydrogen-bond donors (Lipinski definition) is 2. The maximum Gasteiger partial charge on any atom is 0.316 e. The van der Waals surface area contributed by atoms with E-state index < -0.39 is 12.0 Å². The lowest BCUT2D eigenvalue weighted by atomic mass is 10.3. The van der Waals surface area contributed by atoms with E-state index in [1.165, 1.54) is 0 Å². The van der Waals surface area contributed by atoms with Crippen LogP contribution >= 0.6 is 0 Å². The van der Waals surface area contributed by atoms with Crippen LogP contribution in [0.4, 0.5) is 0 Å². The fourth-order valence-corrected chi connectivity index (χ4v) is 1.23. The van der Waals surface area contributed by atoms with Crippen molar-refractivity contribution in [3.05, 3.63) is 30.3 Å². The number of aromatic nitrogens is 3. The zero-order chi connectivity index (χ0) is 13.0. The van der Waals surface area contributed by atoms with Gasteiger partial charge in [-0.05, 0) is 19.1 Å². The highest BCUT2D eigenvalue weighted by Gasteiger charge is 2.16. The first kappa shape index (κ1) is 12.2. The van der Waals surface area contributed by atoms with Crippen LogP contribution in [0.3, 0.4) is 0 Å². The van der Waals surface area contributed by atoms with E-state index in [0.29, 0.717) is 5.69 Å². The number of aliphatic hydroxyl groups is 1. The van der Waals surface area contributed by atoms with Gasteiger partial charge in [-0.3, -0.25) is 9.78 Å². The van der Waals surface area contributed by atoms with E-state index >= 15 is 0 Å². The van der Waals surface area contributed by atoms with Gasteiger partial charge < -0.3 is 14.9 Å². The number of pyridine rings is 1. The molecule has 1 amide bonds. The molecule has 0 saturated heterocycles. The Bertz CT molecular complexity index is 524. The summed E-state index contributed by atoms with van der Waals surface area (Å²) in [7, 11) is 0. The molecule has 0 saturated carbocycles. The van der Waals surface area contributed by atoms with Crippen molar-refractivity contribution in [2.45, 2.75) is 13.0 Å². The van der Waals surface area contributed by atoms with Crippen LogP contribution in [0.5, 0.6) is 0 Å². The SMILES string of the molecule is CC(O)CNC(=O)c1nc(-c2ccccn2)no1. The van der Waals surface area contributed by atoms with Crippen molar-refractivity contribution < 1.29 is 14.4 Å². The summed E-state index contributed by atoms with van der Waals surface area (Å²) in [6.07, 6.45) is 0.964. The highest BCUT2D eigenvalue weighted by atomic mass is 16.5. The topological polar surface area (TPSA) is 101 Å². The molecule has 0 aromatic carbocycles. The highest BCUT2D eigenvalue weighted by Crippen LogP contribution is 2.11. The normalized spacial score (nSPS) is 12.1. The van der Waals surface area contributed by atoms with Gasteiger partial charge in [-0.2, -0.15) is 4.98 Å². The molecule has 0 spiro atoms. The fourth-order valence-electron chi connectivity index (χ4n) is 1.23. The molecule has 0 aliphatic heterocycles. The van der Waals surface area contributed by atoms with Gasteiger partial charge in [0, 0.05) is 12.7 Å². The van der Waals surface area contributed by atoms with Gasteiger partial charge in [-0.15, -0.1) is 0 Å². The van der Waals surface area contributed by atoms with Crippen LogP contribution in [0.25, 0.3) is 11.5 Å². The molecule has 2 aromatic heterocycles. The van der Waals surface area contributed by atoms with Crippen molar-refractivity contribution in [2.75, 3.05) is 6.54 Å². The molecular formula is C11H12N4O3. The minimum Gasteiger partial charge on any atom is -0.392 e. The van der Waals surface area contributed by atoms with Crippen molar-refractivity contribution in [3.8, 4) is 11.5 Å². The first-order valence-corrected chi connectivity index (χ1v) is 5.38. The number of rotatable bonds is 4. The van der Waals surface area contributed by atoms with Gasteiger partial charge in [0.2, 0.25) is 5.82 Å². The minimum atomic E-state index is -0.632. The second kappa shape index (κ2) is 5.37. The maximum atomic E-state index is 11.6. The predicted octanol–water partition coefficient (Wildman–Crippen LogP) is 0.242. The summed E-state index contributed by atoms with van der Waals surface area (Å²) in [5, 5.41) is 15.2. The van der Waals surface area contributed by atoms with E-state index in [1.54, 1.807) is 31.3 Å². The number of hydrogen-bond acceptors (Lipinski definition) is 6. The Balaban J connectivity index is 2.09. The van der Waals surface area contributed by atoms with E-state index in [-0.39, 0.29) is 18.3 Å². The molecule has 94 valence electrons. The lowest BCUT2D eigenvalue weighted by molar-refractivity contribution is 0.0880.